The van der Waals surface area contributed by atoms with Crippen LogP contribution in [-0.2, 0) is 6.54 Å². The van der Waals surface area contributed by atoms with Crippen molar-refractivity contribution in [2.75, 3.05) is 7.11 Å². The van der Waals surface area contributed by atoms with E-state index in [-0.39, 0.29) is 11.8 Å². The highest BCUT2D eigenvalue weighted by Gasteiger charge is 2.10. The molecule has 0 radical (unpaired) electrons. The van der Waals surface area contributed by atoms with E-state index in [1.807, 2.05) is 24.3 Å². The molecule has 2 rings (SSSR count). The molecule has 112 valence electrons. The predicted molar refractivity (Wildman–Crippen MR) is 86.0 cm³/mol. The number of rotatable bonds is 6. The molecule has 0 spiro atoms. The lowest BCUT2D eigenvalue weighted by Gasteiger charge is -2.18. The topological polar surface area (TPSA) is 41.5 Å². The van der Waals surface area contributed by atoms with E-state index in [0.717, 1.165) is 17.0 Å². The smallest absolute Gasteiger partial charge is 0.160 e. The Balaban J connectivity index is 2.05. The van der Waals surface area contributed by atoms with E-state index >= 15 is 0 Å². The third kappa shape index (κ3) is 4.13. The molecule has 2 aromatic carbocycles. The normalized spacial score (nSPS) is 12.1. The van der Waals surface area contributed by atoms with Crippen LogP contribution in [0.15, 0.2) is 42.5 Å². The van der Waals surface area contributed by atoms with Gasteiger partial charge in [0.2, 0.25) is 0 Å². The molecule has 0 amide bonds. The summed E-state index contributed by atoms with van der Waals surface area (Å²) in [5, 5.41) is 14.0. The molecular weight excluding hydrogens is 286 g/mol. The first kappa shape index (κ1) is 15.7. The Hall–Kier alpha value is -1.71. The van der Waals surface area contributed by atoms with Gasteiger partial charge < -0.3 is 15.2 Å². The van der Waals surface area contributed by atoms with Crippen LogP contribution in [0, 0.1) is 0 Å². The third-order valence-corrected chi connectivity index (χ3v) is 3.69. The Morgan fingerprint density at radius 3 is 2.67 bits per heavy atom. The molecule has 0 aliphatic heterocycles. The zero-order valence-corrected chi connectivity index (χ0v) is 13.0. The SMILES string of the molecule is CCC(NCc1ccc(OC)c(O)c1)c1cccc(Cl)c1. The van der Waals surface area contributed by atoms with Gasteiger partial charge >= 0.3 is 0 Å². The van der Waals surface area contributed by atoms with Gasteiger partial charge in [-0.2, -0.15) is 0 Å². The minimum atomic E-state index is 0.160. The van der Waals surface area contributed by atoms with Crippen molar-refractivity contribution in [3.63, 3.8) is 0 Å². The lowest BCUT2D eigenvalue weighted by atomic mass is 10.0. The third-order valence-electron chi connectivity index (χ3n) is 3.46. The molecule has 0 bridgehead atoms. The van der Waals surface area contributed by atoms with Crippen molar-refractivity contribution >= 4 is 11.6 Å². The summed E-state index contributed by atoms with van der Waals surface area (Å²) >= 11 is 6.04. The molecule has 1 atom stereocenters. The molecule has 4 heteroatoms. The second kappa shape index (κ2) is 7.34. The zero-order valence-electron chi connectivity index (χ0n) is 12.3. The molecule has 0 aliphatic carbocycles. The first-order valence-electron chi connectivity index (χ1n) is 6.98. The van der Waals surface area contributed by atoms with E-state index in [0.29, 0.717) is 12.3 Å². The highest BCUT2D eigenvalue weighted by Crippen LogP contribution is 2.27. The van der Waals surface area contributed by atoms with Crippen LogP contribution in [0.5, 0.6) is 11.5 Å². The Bertz CT molecular complexity index is 601. The number of benzene rings is 2. The number of aromatic hydroxyl groups is 1. The highest BCUT2D eigenvalue weighted by molar-refractivity contribution is 6.30. The Morgan fingerprint density at radius 2 is 2.05 bits per heavy atom. The molecule has 0 aromatic heterocycles. The number of methoxy groups -OCH3 is 1. The van der Waals surface area contributed by atoms with E-state index in [9.17, 15) is 5.11 Å². The number of hydrogen-bond donors (Lipinski definition) is 2. The summed E-state index contributed by atoms with van der Waals surface area (Å²) in [4.78, 5) is 0. The van der Waals surface area contributed by atoms with E-state index in [2.05, 4.69) is 18.3 Å². The van der Waals surface area contributed by atoms with Crippen molar-refractivity contribution in [2.45, 2.75) is 25.9 Å². The van der Waals surface area contributed by atoms with Gasteiger partial charge in [0.05, 0.1) is 7.11 Å². The quantitative estimate of drug-likeness (QED) is 0.836. The fraction of sp³-hybridized carbons (Fsp3) is 0.294. The largest absolute Gasteiger partial charge is 0.504 e. The first-order valence-corrected chi connectivity index (χ1v) is 7.36. The van der Waals surface area contributed by atoms with Crippen LogP contribution in [0.3, 0.4) is 0 Å². The summed E-state index contributed by atoms with van der Waals surface area (Å²) in [5.74, 6) is 0.647. The maximum absolute atomic E-state index is 9.80. The van der Waals surface area contributed by atoms with Crippen molar-refractivity contribution in [3.8, 4) is 11.5 Å². The standard InChI is InChI=1S/C17H20ClNO2/c1-3-15(13-5-4-6-14(18)10-13)19-11-12-7-8-17(21-2)16(20)9-12/h4-10,15,19-20H,3,11H2,1-2H3. The lowest BCUT2D eigenvalue weighted by molar-refractivity contribution is 0.372. The van der Waals surface area contributed by atoms with Crippen molar-refractivity contribution in [1.82, 2.24) is 5.32 Å². The van der Waals surface area contributed by atoms with Gasteiger partial charge in [-0.15, -0.1) is 0 Å². The van der Waals surface area contributed by atoms with Crippen molar-refractivity contribution in [2.24, 2.45) is 0 Å². The number of phenols is 1. The Kier molecular flexibility index (Phi) is 5.48. The second-order valence-corrected chi connectivity index (χ2v) is 5.34. The van der Waals surface area contributed by atoms with Crippen molar-refractivity contribution < 1.29 is 9.84 Å². The monoisotopic (exact) mass is 305 g/mol. The predicted octanol–water partition coefficient (Wildman–Crippen LogP) is 4.30. The minimum Gasteiger partial charge on any atom is -0.504 e. The van der Waals surface area contributed by atoms with E-state index in [1.165, 1.54) is 5.56 Å². The zero-order chi connectivity index (χ0) is 15.2. The Morgan fingerprint density at radius 1 is 1.24 bits per heavy atom. The summed E-state index contributed by atoms with van der Waals surface area (Å²) in [6.07, 6.45) is 0.961. The van der Waals surface area contributed by atoms with Crippen LogP contribution in [0.2, 0.25) is 5.02 Å². The molecule has 0 saturated heterocycles. The van der Waals surface area contributed by atoms with Gasteiger partial charge in [0.1, 0.15) is 0 Å². The summed E-state index contributed by atoms with van der Waals surface area (Å²) in [5.41, 5.74) is 2.18. The molecule has 3 nitrogen and oxygen atoms in total. The van der Waals surface area contributed by atoms with Gasteiger partial charge in [-0.3, -0.25) is 0 Å². The average molecular weight is 306 g/mol. The Labute approximate surface area is 130 Å². The van der Waals surface area contributed by atoms with Gasteiger partial charge in [0, 0.05) is 17.6 Å². The maximum atomic E-state index is 9.80. The molecular formula is C17H20ClNO2. The lowest BCUT2D eigenvalue weighted by Crippen LogP contribution is -2.20. The molecule has 21 heavy (non-hydrogen) atoms. The van der Waals surface area contributed by atoms with Crippen LogP contribution in [0.4, 0.5) is 0 Å². The van der Waals surface area contributed by atoms with Crippen LogP contribution < -0.4 is 10.1 Å². The van der Waals surface area contributed by atoms with Gasteiger partial charge in [-0.25, -0.2) is 0 Å². The molecule has 1 unspecified atom stereocenters. The maximum Gasteiger partial charge on any atom is 0.160 e. The van der Waals surface area contributed by atoms with Gasteiger partial charge in [-0.1, -0.05) is 36.7 Å². The number of nitrogens with one attached hydrogen (secondary N) is 1. The van der Waals surface area contributed by atoms with E-state index in [4.69, 9.17) is 16.3 Å². The second-order valence-electron chi connectivity index (χ2n) is 4.90. The fourth-order valence-corrected chi connectivity index (χ4v) is 2.51. The average Bonchev–Trinajstić information content (AvgIpc) is 2.48. The molecule has 0 saturated carbocycles. The highest BCUT2D eigenvalue weighted by atomic mass is 35.5. The minimum absolute atomic E-state index is 0.160. The molecule has 0 aliphatic rings. The summed E-state index contributed by atoms with van der Waals surface area (Å²) in [6, 6.07) is 13.5. The summed E-state index contributed by atoms with van der Waals surface area (Å²) in [6.45, 7) is 2.80. The van der Waals surface area contributed by atoms with Gasteiger partial charge in [0.25, 0.3) is 0 Å². The van der Waals surface area contributed by atoms with Crippen LogP contribution in [0.1, 0.15) is 30.5 Å². The number of hydrogen-bond acceptors (Lipinski definition) is 3. The van der Waals surface area contributed by atoms with Gasteiger partial charge in [0.15, 0.2) is 11.5 Å². The van der Waals surface area contributed by atoms with E-state index in [1.54, 1.807) is 19.2 Å². The van der Waals surface area contributed by atoms with Crippen molar-refractivity contribution in [1.29, 1.82) is 0 Å². The van der Waals surface area contributed by atoms with Crippen LogP contribution in [-0.4, -0.2) is 12.2 Å². The van der Waals surface area contributed by atoms with Crippen molar-refractivity contribution in [3.05, 3.63) is 58.6 Å². The summed E-state index contributed by atoms with van der Waals surface area (Å²) in [7, 11) is 1.54. The van der Waals surface area contributed by atoms with Crippen LogP contribution in [0.25, 0.3) is 0 Å². The fourth-order valence-electron chi connectivity index (χ4n) is 2.31. The number of ether oxygens (including phenoxy) is 1. The number of phenolic OH excluding ortho intramolecular Hbond substituents is 1. The molecule has 2 N–H and O–H groups in total. The number of halogens is 1. The van der Waals surface area contributed by atoms with Crippen LogP contribution >= 0.6 is 11.6 Å². The summed E-state index contributed by atoms with van der Waals surface area (Å²) < 4.78 is 5.04. The van der Waals surface area contributed by atoms with E-state index < -0.39 is 0 Å². The first-order chi connectivity index (χ1) is 10.1. The van der Waals surface area contributed by atoms with Gasteiger partial charge in [-0.05, 0) is 41.8 Å². The molecule has 2 aromatic rings. The molecule has 0 heterocycles. The molecule has 0 fully saturated rings.